The predicted octanol–water partition coefficient (Wildman–Crippen LogP) is 1.46. The van der Waals surface area contributed by atoms with Gasteiger partial charge in [0, 0.05) is 24.8 Å². The number of likely N-dealkylation sites (tertiary alicyclic amines) is 1. The van der Waals surface area contributed by atoms with Crippen LogP contribution in [0.2, 0.25) is 0 Å². The van der Waals surface area contributed by atoms with Crippen molar-refractivity contribution in [3.63, 3.8) is 0 Å². The van der Waals surface area contributed by atoms with E-state index in [1.54, 1.807) is 16.5 Å². The number of aromatic nitrogens is 2. The van der Waals surface area contributed by atoms with E-state index in [1.807, 2.05) is 20.8 Å². The Kier molecular flexibility index (Phi) is 3.83. The first-order valence-corrected chi connectivity index (χ1v) is 6.96. The van der Waals surface area contributed by atoms with Gasteiger partial charge in [-0.2, -0.15) is 5.10 Å². The van der Waals surface area contributed by atoms with Crippen LogP contribution in [0.25, 0.3) is 0 Å². The number of hydrogen-bond acceptors (Lipinski definition) is 3. The molecule has 1 fully saturated rings. The lowest BCUT2D eigenvalue weighted by molar-refractivity contribution is -0.142. The Bertz CT molecular complexity index is 550. The zero-order valence-corrected chi connectivity index (χ0v) is 12.4. The Morgan fingerprint density at radius 3 is 2.50 bits per heavy atom. The molecular formula is C14H21N3O3. The van der Waals surface area contributed by atoms with Crippen LogP contribution in [0, 0.1) is 19.8 Å². The van der Waals surface area contributed by atoms with Gasteiger partial charge in [-0.15, -0.1) is 0 Å². The zero-order valence-electron chi connectivity index (χ0n) is 12.4. The van der Waals surface area contributed by atoms with Gasteiger partial charge in [-0.3, -0.25) is 14.3 Å². The molecular weight excluding hydrogens is 258 g/mol. The maximum Gasteiger partial charge on any atom is 0.308 e. The van der Waals surface area contributed by atoms with Crippen LogP contribution in [0.4, 0.5) is 0 Å². The first-order valence-electron chi connectivity index (χ1n) is 6.96. The molecule has 2 heterocycles. The first kappa shape index (κ1) is 14.6. The number of rotatable bonds is 3. The molecule has 110 valence electrons. The summed E-state index contributed by atoms with van der Waals surface area (Å²) in [4.78, 5) is 25.5. The van der Waals surface area contributed by atoms with Gasteiger partial charge in [-0.1, -0.05) is 0 Å². The number of carboxylic acids is 1. The minimum absolute atomic E-state index is 0.101. The number of nitrogens with zero attached hydrogens (tertiary/aromatic N) is 3. The third-order valence-electron chi connectivity index (χ3n) is 4.23. The molecule has 0 saturated carbocycles. The highest BCUT2D eigenvalue weighted by molar-refractivity contribution is 5.97. The van der Waals surface area contributed by atoms with Crippen molar-refractivity contribution >= 4 is 11.9 Å². The predicted molar refractivity (Wildman–Crippen MR) is 73.6 cm³/mol. The van der Waals surface area contributed by atoms with E-state index in [-0.39, 0.29) is 11.9 Å². The minimum Gasteiger partial charge on any atom is -0.481 e. The maximum atomic E-state index is 12.7. The Balaban J connectivity index is 2.29. The van der Waals surface area contributed by atoms with E-state index in [9.17, 15) is 9.59 Å². The molecule has 1 aliphatic rings. The second kappa shape index (κ2) is 5.26. The van der Waals surface area contributed by atoms with Crippen LogP contribution in [0.3, 0.4) is 0 Å². The van der Waals surface area contributed by atoms with Gasteiger partial charge in [-0.25, -0.2) is 0 Å². The fourth-order valence-electron chi connectivity index (χ4n) is 3.01. The topological polar surface area (TPSA) is 75.4 Å². The van der Waals surface area contributed by atoms with Crippen molar-refractivity contribution in [3.05, 3.63) is 17.0 Å². The zero-order chi connectivity index (χ0) is 15.0. The Morgan fingerprint density at radius 2 is 2.05 bits per heavy atom. The summed E-state index contributed by atoms with van der Waals surface area (Å²) in [5.74, 6) is -1.40. The van der Waals surface area contributed by atoms with Gasteiger partial charge in [0.1, 0.15) is 0 Å². The van der Waals surface area contributed by atoms with Gasteiger partial charge in [0.05, 0.1) is 17.2 Å². The van der Waals surface area contributed by atoms with Gasteiger partial charge in [-0.05, 0) is 34.1 Å². The number of amides is 1. The summed E-state index contributed by atoms with van der Waals surface area (Å²) >= 11 is 0. The summed E-state index contributed by atoms with van der Waals surface area (Å²) in [6.07, 6.45) is 0.516. The summed E-state index contributed by atoms with van der Waals surface area (Å²) in [7, 11) is 0. The lowest BCUT2D eigenvalue weighted by Crippen LogP contribution is -2.38. The van der Waals surface area contributed by atoms with E-state index in [0.29, 0.717) is 30.8 Å². The van der Waals surface area contributed by atoms with Gasteiger partial charge >= 0.3 is 5.97 Å². The SMILES string of the molecule is CCn1nc(C)c(C(=O)N2CCC(C(=O)O)C2C)c1C. The molecule has 0 aromatic carbocycles. The standard InChI is InChI=1S/C14H21N3O3/c1-5-17-10(4)12(8(2)15-17)13(18)16-7-6-11(9(16)3)14(19)20/h9,11H,5-7H2,1-4H3,(H,19,20). The molecule has 6 heteroatoms. The molecule has 2 atom stereocenters. The van der Waals surface area contributed by atoms with Crippen molar-refractivity contribution in [1.82, 2.24) is 14.7 Å². The van der Waals surface area contributed by atoms with Crippen molar-refractivity contribution < 1.29 is 14.7 Å². The molecule has 0 aliphatic carbocycles. The summed E-state index contributed by atoms with van der Waals surface area (Å²) < 4.78 is 1.80. The number of hydrogen-bond donors (Lipinski definition) is 1. The molecule has 1 saturated heterocycles. The molecule has 0 spiro atoms. The normalized spacial score (nSPS) is 22.3. The molecule has 20 heavy (non-hydrogen) atoms. The van der Waals surface area contributed by atoms with E-state index in [1.165, 1.54) is 0 Å². The summed E-state index contributed by atoms with van der Waals surface area (Å²) in [6.45, 7) is 8.69. The van der Waals surface area contributed by atoms with Gasteiger partial charge in [0.25, 0.3) is 5.91 Å². The van der Waals surface area contributed by atoms with Crippen molar-refractivity contribution in [2.75, 3.05) is 6.54 Å². The van der Waals surface area contributed by atoms with Crippen LogP contribution in [0.1, 0.15) is 42.0 Å². The third kappa shape index (κ3) is 2.19. The van der Waals surface area contributed by atoms with Crippen LogP contribution >= 0.6 is 0 Å². The fourth-order valence-corrected chi connectivity index (χ4v) is 3.01. The van der Waals surface area contributed by atoms with Crippen molar-refractivity contribution in [2.45, 2.75) is 46.7 Å². The Morgan fingerprint density at radius 1 is 1.40 bits per heavy atom. The van der Waals surface area contributed by atoms with Crippen LogP contribution in [0.5, 0.6) is 0 Å². The molecule has 0 bridgehead atoms. The van der Waals surface area contributed by atoms with E-state index in [0.717, 1.165) is 5.69 Å². The molecule has 1 N–H and O–H groups in total. The Hall–Kier alpha value is -1.85. The lowest BCUT2D eigenvalue weighted by Gasteiger charge is -2.23. The minimum atomic E-state index is -0.828. The molecule has 2 unspecified atom stereocenters. The van der Waals surface area contributed by atoms with Crippen molar-refractivity contribution in [2.24, 2.45) is 5.92 Å². The molecule has 1 amide bonds. The monoisotopic (exact) mass is 279 g/mol. The van der Waals surface area contributed by atoms with Gasteiger partial charge < -0.3 is 10.0 Å². The lowest BCUT2D eigenvalue weighted by atomic mass is 10.0. The van der Waals surface area contributed by atoms with Gasteiger partial charge in [0.2, 0.25) is 0 Å². The van der Waals surface area contributed by atoms with Crippen molar-refractivity contribution in [1.29, 1.82) is 0 Å². The highest BCUT2D eigenvalue weighted by atomic mass is 16.4. The van der Waals surface area contributed by atoms with Crippen LogP contribution < -0.4 is 0 Å². The number of carbonyl (C=O) groups is 2. The van der Waals surface area contributed by atoms with E-state index < -0.39 is 11.9 Å². The molecule has 1 aromatic rings. The molecule has 2 rings (SSSR count). The van der Waals surface area contributed by atoms with Crippen LogP contribution in [-0.4, -0.2) is 44.3 Å². The molecule has 1 aliphatic heterocycles. The average molecular weight is 279 g/mol. The third-order valence-corrected chi connectivity index (χ3v) is 4.23. The van der Waals surface area contributed by atoms with Gasteiger partial charge in [0.15, 0.2) is 0 Å². The van der Waals surface area contributed by atoms with E-state index in [4.69, 9.17) is 5.11 Å². The van der Waals surface area contributed by atoms with E-state index in [2.05, 4.69) is 5.10 Å². The number of aliphatic carboxylic acids is 1. The highest BCUT2D eigenvalue weighted by Gasteiger charge is 2.39. The first-order chi connectivity index (χ1) is 9.38. The highest BCUT2D eigenvalue weighted by Crippen LogP contribution is 2.27. The molecule has 0 radical (unpaired) electrons. The summed E-state index contributed by atoms with van der Waals surface area (Å²) in [5, 5.41) is 13.5. The Labute approximate surface area is 118 Å². The maximum absolute atomic E-state index is 12.7. The number of aryl methyl sites for hydroxylation is 2. The summed E-state index contributed by atoms with van der Waals surface area (Å²) in [6, 6.07) is -0.274. The van der Waals surface area contributed by atoms with Crippen molar-refractivity contribution in [3.8, 4) is 0 Å². The second-order valence-electron chi connectivity index (χ2n) is 5.33. The van der Waals surface area contributed by atoms with Crippen LogP contribution in [-0.2, 0) is 11.3 Å². The molecule has 6 nitrogen and oxygen atoms in total. The second-order valence-corrected chi connectivity index (χ2v) is 5.33. The van der Waals surface area contributed by atoms with Crippen LogP contribution in [0.15, 0.2) is 0 Å². The fraction of sp³-hybridized carbons (Fsp3) is 0.643. The smallest absolute Gasteiger partial charge is 0.308 e. The quantitative estimate of drug-likeness (QED) is 0.908. The van der Waals surface area contributed by atoms with E-state index >= 15 is 0 Å². The largest absolute Gasteiger partial charge is 0.481 e. The summed E-state index contributed by atoms with van der Waals surface area (Å²) in [5.41, 5.74) is 2.17. The average Bonchev–Trinajstić information content (AvgIpc) is 2.89. The number of carboxylic acid groups (broad SMARTS) is 1. The number of carbonyl (C=O) groups excluding carboxylic acids is 1. The molecule has 1 aromatic heterocycles.